The summed E-state index contributed by atoms with van der Waals surface area (Å²) in [6.07, 6.45) is 2.86. The Labute approximate surface area is 157 Å². The highest BCUT2D eigenvalue weighted by atomic mass is 35.5. The van der Waals surface area contributed by atoms with E-state index in [9.17, 15) is 13.2 Å². The van der Waals surface area contributed by atoms with Gasteiger partial charge in [-0.3, -0.25) is 4.79 Å². The number of aryl methyl sites for hydroxylation is 2. The predicted molar refractivity (Wildman–Crippen MR) is 98.8 cm³/mol. The normalized spacial score (nSPS) is 11.5. The molecule has 0 radical (unpaired) electrons. The van der Waals surface area contributed by atoms with Gasteiger partial charge in [0.1, 0.15) is 10.6 Å². The van der Waals surface area contributed by atoms with Gasteiger partial charge in [0.15, 0.2) is 0 Å². The zero-order chi connectivity index (χ0) is 18.6. The highest BCUT2D eigenvalue weighted by Crippen LogP contribution is 2.23. The van der Waals surface area contributed by atoms with E-state index in [4.69, 9.17) is 23.2 Å². The predicted octanol–water partition coefficient (Wildman–Crippen LogP) is 2.60. The summed E-state index contributed by atoms with van der Waals surface area (Å²) in [6.45, 7) is 0.457. The summed E-state index contributed by atoms with van der Waals surface area (Å²) in [4.78, 5) is 12.3. The maximum absolute atomic E-state index is 12.2. The Morgan fingerprint density at radius 1 is 1.20 bits per heavy atom. The summed E-state index contributed by atoms with van der Waals surface area (Å²) in [5, 5.41) is 3.80. The lowest BCUT2D eigenvalue weighted by molar-refractivity contribution is 0.0945. The largest absolute Gasteiger partial charge is 0.351 e. The van der Waals surface area contributed by atoms with Crippen molar-refractivity contribution in [3.05, 3.63) is 51.8 Å². The second kappa shape index (κ2) is 8.23. The third-order valence-electron chi connectivity index (χ3n) is 3.70. The second-order valence-corrected chi connectivity index (χ2v) is 8.19. The molecule has 2 aromatic rings. The summed E-state index contributed by atoms with van der Waals surface area (Å²) >= 11 is 11.8. The molecule has 1 amide bonds. The van der Waals surface area contributed by atoms with Crippen molar-refractivity contribution in [2.75, 3.05) is 13.6 Å². The molecule has 2 N–H and O–H groups in total. The molecule has 1 aromatic carbocycles. The van der Waals surface area contributed by atoms with Gasteiger partial charge in [0.25, 0.3) is 5.91 Å². The zero-order valence-electron chi connectivity index (χ0n) is 13.8. The topological polar surface area (TPSA) is 80.2 Å². The Balaban J connectivity index is 1.91. The number of aromatic nitrogens is 1. The average molecular weight is 404 g/mol. The summed E-state index contributed by atoms with van der Waals surface area (Å²) in [6, 6.07) is 6.78. The van der Waals surface area contributed by atoms with E-state index in [2.05, 4.69) is 10.0 Å². The average Bonchev–Trinajstić information content (AvgIpc) is 2.97. The summed E-state index contributed by atoms with van der Waals surface area (Å²) < 4.78 is 27.3. The van der Waals surface area contributed by atoms with E-state index in [-0.39, 0.29) is 16.5 Å². The van der Waals surface area contributed by atoms with Crippen LogP contribution in [-0.4, -0.2) is 32.5 Å². The van der Waals surface area contributed by atoms with Crippen molar-refractivity contribution in [2.45, 2.75) is 17.7 Å². The van der Waals surface area contributed by atoms with Gasteiger partial charge in [-0.2, -0.15) is 0 Å². The van der Waals surface area contributed by atoms with Crippen molar-refractivity contribution in [3.8, 4) is 0 Å². The van der Waals surface area contributed by atoms with Crippen LogP contribution in [0, 0.1) is 0 Å². The standard InChI is InChI=1S/C16H19Cl2N3O3S/c1-19-25(23,24)12-9-15(21(2)10-12)16(22)20-7-3-4-11-5-6-13(17)14(18)8-11/h5-6,8-10,19H,3-4,7H2,1-2H3,(H,20,22). The molecule has 0 saturated carbocycles. The van der Waals surface area contributed by atoms with Gasteiger partial charge in [-0.25, -0.2) is 13.1 Å². The number of nitrogens with zero attached hydrogens (tertiary/aromatic N) is 1. The van der Waals surface area contributed by atoms with Crippen LogP contribution in [0.3, 0.4) is 0 Å². The third kappa shape index (κ3) is 4.98. The zero-order valence-corrected chi connectivity index (χ0v) is 16.2. The Morgan fingerprint density at radius 2 is 1.92 bits per heavy atom. The van der Waals surface area contributed by atoms with E-state index in [0.29, 0.717) is 16.6 Å². The van der Waals surface area contributed by atoms with Crippen LogP contribution in [0.25, 0.3) is 0 Å². The fourth-order valence-corrected chi connectivity index (χ4v) is 3.42. The van der Waals surface area contributed by atoms with Gasteiger partial charge in [0.05, 0.1) is 10.0 Å². The van der Waals surface area contributed by atoms with Crippen LogP contribution >= 0.6 is 23.2 Å². The Kier molecular flexibility index (Phi) is 6.51. The van der Waals surface area contributed by atoms with Crippen LogP contribution < -0.4 is 10.0 Å². The maximum atomic E-state index is 12.2. The summed E-state index contributed by atoms with van der Waals surface area (Å²) in [5.74, 6) is -0.325. The fraction of sp³-hybridized carbons (Fsp3) is 0.312. The van der Waals surface area contributed by atoms with Crippen molar-refractivity contribution < 1.29 is 13.2 Å². The molecule has 0 atom stereocenters. The van der Waals surface area contributed by atoms with Crippen molar-refractivity contribution in [3.63, 3.8) is 0 Å². The quantitative estimate of drug-likeness (QED) is 0.697. The van der Waals surface area contributed by atoms with Gasteiger partial charge in [-0.15, -0.1) is 0 Å². The lowest BCUT2D eigenvalue weighted by Crippen LogP contribution is -2.26. The van der Waals surface area contributed by atoms with Gasteiger partial charge in [0, 0.05) is 19.8 Å². The molecular formula is C16H19Cl2N3O3S. The number of sulfonamides is 1. The van der Waals surface area contributed by atoms with E-state index >= 15 is 0 Å². The molecule has 0 aliphatic heterocycles. The smallest absolute Gasteiger partial charge is 0.267 e. The monoisotopic (exact) mass is 403 g/mol. The molecule has 6 nitrogen and oxygen atoms in total. The number of carbonyl (C=O) groups is 1. The molecule has 0 aliphatic rings. The van der Waals surface area contributed by atoms with Crippen molar-refractivity contribution in [1.29, 1.82) is 0 Å². The SMILES string of the molecule is CNS(=O)(=O)c1cc(C(=O)NCCCc2ccc(Cl)c(Cl)c2)n(C)c1. The number of carbonyl (C=O) groups excluding carboxylic acids is 1. The van der Waals surface area contributed by atoms with E-state index in [1.165, 1.54) is 23.9 Å². The number of benzene rings is 1. The minimum absolute atomic E-state index is 0.0541. The molecule has 1 aromatic heterocycles. The summed E-state index contributed by atoms with van der Waals surface area (Å²) in [5.41, 5.74) is 1.31. The van der Waals surface area contributed by atoms with Gasteiger partial charge in [-0.05, 0) is 43.7 Å². The van der Waals surface area contributed by atoms with Crippen LogP contribution in [0.15, 0.2) is 35.4 Å². The first-order valence-electron chi connectivity index (χ1n) is 7.56. The lowest BCUT2D eigenvalue weighted by Gasteiger charge is -2.07. The Morgan fingerprint density at radius 3 is 2.56 bits per heavy atom. The fourth-order valence-electron chi connectivity index (χ4n) is 2.30. The molecule has 0 spiro atoms. The molecule has 0 bridgehead atoms. The van der Waals surface area contributed by atoms with E-state index in [1.807, 2.05) is 6.07 Å². The number of hydrogen-bond acceptors (Lipinski definition) is 3. The third-order valence-corrected chi connectivity index (χ3v) is 5.82. The van der Waals surface area contributed by atoms with Crippen LogP contribution in [0.1, 0.15) is 22.5 Å². The summed E-state index contributed by atoms with van der Waals surface area (Å²) in [7, 11) is -0.628. The van der Waals surface area contributed by atoms with Crippen LogP contribution in [0.4, 0.5) is 0 Å². The van der Waals surface area contributed by atoms with Crippen LogP contribution in [0.2, 0.25) is 10.0 Å². The highest BCUT2D eigenvalue weighted by Gasteiger charge is 2.18. The molecular weight excluding hydrogens is 385 g/mol. The molecule has 0 saturated heterocycles. The Bertz CT molecular complexity index is 879. The first kappa shape index (κ1) is 19.8. The Hall–Kier alpha value is -1.54. The molecule has 9 heteroatoms. The second-order valence-electron chi connectivity index (χ2n) is 5.49. The van der Waals surface area contributed by atoms with Crippen LogP contribution in [0.5, 0.6) is 0 Å². The number of halogens is 2. The van der Waals surface area contributed by atoms with Gasteiger partial charge < -0.3 is 9.88 Å². The van der Waals surface area contributed by atoms with Gasteiger partial charge >= 0.3 is 0 Å². The molecule has 0 fully saturated rings. The van der Waals surface area contributed by atoms with Crippen molar-refractivity contribution >= 4 is 39.1 Å². The van der Waals surface area contributed by atoms with Crippen molar-refractivity contribution in [2.24, 2.45) is 7.05 Å². The minimum Gasteiger partial charge on any atom is -0.351 e. The molecule has 1 heterocycles. The van der Waals surface area contributed by atoms with E-state index in [0.717, 1.165) is 18.4 Å². The molecule has 25 heavy (non-hydrogen) atoms. The van der Waals surface area contributed by atoms with Crippen molar-refractivity contribution in [1.82, 2.24) is 14.6 Å². The maximum Gasteiger partial charge on any atom is 0.267 e. The first-order chi connectivity index (χ1) is 11.7. The minimum atomic E-state index is -3.58. The van der Waals surface area contributed by atoms with Crippen LogP contribution in [-0.2, 0) is 23.5 Å². The van der Waals surface area contributed by atoms with Gasteiger partial charge in [-0.1, -0.05) is 29.3 Å². The lowest BCUT2D eigenvalue weighted by atomic mass is 10.1. The molecule has 136 valence electrons. The number of nitrogens with one attached hydrogen (secondary N) is 2. The molecule has 0 aliphatic carbocycles. The van der Waals surface area contributed by atoms with E-state index < -0.39 is 10.0 Å². The molecule has 0 unspecified atom stereocenters. The molecule has 2 rings (SSSR count). The van der Waals surface area contributed by atoms with E-state index in [1.54, 1.807) is 19.2 Å². The van der Waals surface area contributed by atoms with Gasteiger partial charge in [0.2, 0.25) is 10.0 Å². The highest BCUT2D eigenvalue weighted by molar-refractivity contribution is 7.89. The number of rotatable bonds is 7. The first-order valence-corrected chi connectivity index (χ1v) is 9.80. The number of amides is 1. The number of hydrogen-bond donors (Lipinski definition) is 2.